The summed E-state index contributed by atoms with van der Waals surface area (Å²) in [6.07, 6.45) is 12.4. The summed E-state index contributed by atoms with van der Waals surface area (Å²) in [7, 11) is 0. The molecule has 1 aliphatic carbocycles. The van der Waals surface area contributed by atoms with Crippen LogP contribution in [0.4, 0.5) is 0 Å². The number of ketones is 1. The third-order valence-corrected chi connectivity index (χ3v) is 4.42. The van der Waals surface area contributed by atoms with Gasteiger partial charge in [0.1, 0.15) is 0 Å². The first-order valence-electron chi connectivity index (χ1n) is 7.98. The van der Waals surface area contributed by atoms with E-state index in [0.717, 1.165) is 11.5 Å². The summed E-state index contributed by atoms with van der Waals surface area (Å²) in [6.45, 7) is 3.86. The summed E-state index contributed by atoms with van der Waals surface area (Å²) >= 11 is 0. The molecule has 0 N–H and O–H groups in total. The van der Waals surface area contributed by atoms with Crippen LogP contribution >= 0.6 is 0 Å². The molecule has 0 unspecified atom stereocenters. The molecule has 1 heteroatoms. The maximum absolute atomic E-state index is 11.3. The third-order valence-electron chi connectivity index (χ3n) is 4.42. The van der Waals surface area contributed by atoms with Gasteiger partial charge in [0.05, 0.1) is 0 Å². The minimum absolute atomic E-state index is 0.154. The van der Waals surface area contributed by atoms with Gasteiger partial charge in [-0.1, -0.05) is 49.8 Å². The fourth-order valence-electron chi connectivity index (χ4n) is 3.09. The Labute approximate surface area is 123 Å². The van der Waals surface area contributed by atoms with Crippen molar-refractivity contribution < 1.29 is 4.79 Å². The predicted molar refractivity (Wildman–Crippen MR) is 85.2 cm³/mol. The monoisotopic (exact) mass is 270 g/mol. The van der Waals surface area contributed by atoms with Crippen LogP contribution in [0.25, 0.3) is 0 Å². The van der Waals surface area contributed by atoms with E-state index in [9.17, 15) is 4.79 Å². The first kappa shape index (κ1) is 15.0. The van der Waals surface area contributed by atoms with Crippen molar-refractivity contribution in [3.63, 3.8) is 0 Å². The van der Waals surface area contributed by atoms with Crippen LogP contribution in [0.15, 0.2) is 36.4 Å². The topological polar surface area (TPSA) is 17.1 Å². The molecular formula is C19H26O. The highest BCUT2D eigenvalue weighted by Crippen LogP contribution is 2.36. The summed E-state index contributed by atoms with van der Waals surface area (Å²) in [5.74, 6) is 1.63. The second kappa shape index (κ2) is 7.42. The van der Waals surface area contributed by atoms with Crippen LogP contribution in [-0.2, 0) is 0 Å². The van der Waals surface area contributed by atoms with E-state index in [-0.39, 0.29) is 5.78 Å². The Bertz CT molecular complexity index is 447. The molecule has 1 aliphatic rings. The Hall–Kier alpha value is -1.37. The molecule has 0 saturated heterocycles. The lowest BCUT2D eigenvalue weighted by Gasteiger charge is -2.27. The van der Waals surface area contributed by atoms with Gasteiger partial charge in [-0.15, -0.1) is 0 Å². The fraction of sp³-hybridized carbons (Fsp3) is 0.526. The second-order valence-electron chi connectivity index (χ2n) is 6.01. The molecule has 20 heavy (non-hydrogen) atoms. The zero-order valence-electron chi connectivity index (χ0n) is 12.8. The van der Waals surface area contributed by atoms with Crippen molar-refractivity contribution >= 4 is 5.78 Å². The Kier molecular flexibility index (Phi) is 5.58. The SMILES string of the molecule is CCCC=C[C@H]1CC[C@H](c2ccc(C(C)=O)cc2)CC1. The summed E-state index contributed by atoms with van der Waals surface area (Å²) in [6, 6.07) is 8.25. The van der Waals surface area contributed by atoms with Crippen molar-refractivity contribution in [3.8, 4) is 0 Å². The number of carbonyl (C=O) groups is 1. The Morgan fingerprint density at radius 2 is 1.80 bits per heavy atom. The van der Waals surface area contributed by atoms with Gasteiger partial charge in [-0.3, -0.25) is 4.79 Å². The standard InChI is InChI=1S/C19H26O/c1-3-4-5-6-16-7-9-18(10-8-16)19-13-11-17(12-14-19)15(2)20/h5-6,11-14,16,18H,3-4,7-10H2,1-2H3/t16-,18-. The molecular weight excluding hydrogens is 244 g/mol. The summed E-state index contributed by atoms with van der Waals surface area (Å²) < 4.78 is 0. The molecule has 2 rings (SSSR count). The summed E-state index contributed by atoms with van der Waals surface area (Å²) in [4.78, 5) is 11.3. The van der Waals surface area contributed by atoms with Crippen LogP contribution in [0.3, 0.4) is 0 Å². The third kappa shape index (κ3) is 4.06. The van der Waals surface area contributed by atoms with Crippen molar-refractivity contribution in [2.45, 2.75) is 58.3 Å². The molecule has 0 amide bonds. The van der Waals surface area contributed by atoms with Crippen molar-refractivity contribution in [2.75, 3.05) is 0 Å². The zero-order chi connectivity index (χ0) is 14.4. The normalized spacial score (nSPS) is 23.1. The number of benzene rings is 1. The van der Waals surface area contributed by atoms with Crippen LogP contribution in [0, 0.1) is 5.92 Å². The molecule has 1 nitrogen and oxygen atoms in total. The van der Waals surface area contributed by atoms with Crippen LogP contribution in [0.5, 0.6) is 0 Å². The van der Waals surface area contributed by atoms with Crippen molar-refractivity contribution in [1.29, 1.82) is 0 Å². The van der Waals surface area contributed by atoms with E-state index in [1.807, 2.05) is 12.1 Å². The molecule has 0 aromatic heterocycles. The Balaban J connectivity index is 1.88. The van der Waals surface area contributed by atoms with Gasteiger partial charge in [0.15, 0.2) is 5.78 Å². The summed E-state index contributed by atoms with van der Waals surface area (Å²) in [5.41, 5.74) is 2.23. The molecule has 0 atom stereocenters. The molecule has 0 aliphatic heterocycles. The van der Waals surface area contributed by atoms with E-state index in [1.54, 1.807) is 6.92 Å². The van der Waals surface area contributed by atoms with E-state index in [2.05, 4.69) is 31.2 Å². The quantitative estimate of drug-likeness (QED) is 0.508. The molecule has 1 saturated carbocycles. The van der Waals surface area contributed by atoms with Gasteiger partial charge in [-0.2, -0.15) is 0 Å². The van der Waals surface area contributed by atoms with E-state index < -0.39 is 0 Å². The van der Waals surface area contributed by atoms with E-state index in [0.29, 0.717) is 5.92 Å². The van der Waals surface area contributed by atoms with Gasteiger partial charge in [-0.25, -0.2) is 0 Å². The van der Waals surface area contributed by atoms with Crippen LogP contribution in [-0.4, -0.2) is 5.78 Å². The minimum atomic E-state index is 0.154. The van der Waals surface area contributed by atoms with Gasteiger partial charge in [0, 0.05) is 5.56 Å². The second-order valence-corrected chi connectivity index (χ2v) is 6.01. The highest BCUT2D eigenvalue weighted by Gasteiger charge is 2.20. The maximum Gasteiger partial charge on any atom is 0.159 e. The van der Waals surface area contributed by atoms with E-state index in [1.165, 1.54) is 44.1 Å². The molecule has 1 aromatic rings. The number of rotatable bonds is 5. The minimum Gasteiger partial charge on any atom is -0.295 e. The number of unbranched alkanes of at least 4 members (excludes halogenated alkanes) is 1. The van der Waals surface area contributed by atoms with Gasteiger partial charge in [0.25, 0.3) is 0 Å². The Morgan fingerprint density at radius 3 is 2.35 bits per heavy atom. The Morgan fingerprint density at radius 1 is 1.15 bits per heavy atom. The summed E-state index contributed by atoms with van der Waals surface area (Å²) in [5, 5.41) is 0. The van der Waals surface area contributed by atoms with Gasteiger partial charge < -0.3 is 0 Å². The van der Waals surface area contributed by atoms with Crippen molar-refractivity contribution in [1.82, 2.24) is 0 Å². The number of carbonyl (C=O) groups excluding carboxylic acids is 1. The molecule has 0 spiro atoms. The molecule has 0 heterocycles. The number of hydrogen-bond donors (Lipinski definition) is 0. The predicted octanol–water partition coefficient (Wildman–Crippen LogP) is 5.52. The van der Waals surface area contributed by atoms with Crippen LogP contribution in [0.1, 0.15) is 74.2 Å². The number of Topliss-reactive ketones (excluding diaryl/α,β-unsaturated/α-hetero) is 1. The molecule has 1 aromatic carbocycles. The molecule has 0 bridgehead atoms. The maximum atomic E-state index is 11.3. The fourth-order valence-corrected chi connectivity index (χ4v) is 3.09. The van der Waals surface area contributed by atoms with E-state index in [4.69, 9.17) is 0 Å². The van der Waals surface area contributed by atoms with Crippen molar-refractivity contribution in [3.05, 3.63) is 47.5 Å². The zero-order valence-corrected chi connectivity index (χ0v) is 12.8. The van der Waals surface area contributed by atoms with Crippen molar-refractivity contribution in [2.24, 2.45) is 5.92 Å². The van der Waals surface area contributed by atoms with E-state index >= 15 is 0 Å². The molecule has 108 valence electrons. The van der Waals surface area contributed by atoms with Gasteiger partial charge in [0.2, 0.25) is 0 Å². The van der Waals surface area contributed by atoms with Crippen LogP contribution in [0.2, 0.25) is 0 Å². The van der Waals surface area contributed by atoms with Crippen LogP contribution < -0.4 is 0 Å². The lowest BCUT2D eigenvalue weighted by molar-refractivity contribution is 0.101. The smallest absolute Gasteiger partial charge is 0.159 e. The highest BCUT2D eigenvalue weighted by molar-refractivity contribution is 5.94. The van der Waals surface area contributed by atoms with Gasteiger partial charge in [-0.05, 0) is 56.4 Å². The average molecular weight is 270 g/mol. The first-order chi connectivity index (χ1) is 9.70. The lowest BCUT2D eigenvalue weighted by atomic mass is 9.78. The number of allylic oxidation sites excluding steroid dienone is 2. The lowest BCUT2D eigenvalue weighted by Crippen LogP contribution is -2.11. The first-order valence-corrected chi connectivity index (χ1v) is 7.98. The molecule has 1 fully saturated rings. The van der Waals surface area contributed by atoms with Gasteiger partial charge >= 0.3 is 0 Å². The largest absolute Gasteiger partial charge is 0.295 e. The molecule has 0 radical (unpaired) electrons. The highest BCUT2D eigenvalue weighted by atomic mass is 16.1. The number of hydrogen-bond acceptors (Lipinski definition) is 1. The average Bonchev–Trinajstić information content (AvgIpc) is 2.48.